The van der Waals surface area contributed by atoms with Crippen LogP contribution in [0.1, 0.15) is 24.6 Å². The minimum atomic E-state index is -2.75. The molecule has 42 heavy (non-hydrogen) atoms. The molecule has 1 unspecified atom stereocenters. The van der Waals surface area contributed by atoms with Gasteiger partial charge >= 0.3 is 0 Å². The van der Waals surface area contributed by atoms with Gasteiger partial charge in [0.25, 0.3) is 12.0 Å². The van der Waals surface area contributed by atoms with Crippen LogP contribution >= 0.6 is 11.6 Å². The van der Waals surface area contributed by atoms with Crippen molar-refractivity contribution in [1.29, 1.82) is 0 Å². The highest BCUT2D eigenvalue weighted by Crippen LogP contribution is 2.36. The van der Waals surface area contributed by atoms with E-state index < -0.39 is 29.6 Å². The number of aromatic nitrogens is 5. The topological polar surface area (TPSA) is 105 Å². The Bertz CT molecular complexity index is 1820. The fraction of sp³-hybridized carbons (Fsp3) is 0.241. The number of carbonyl (C=O) groups excluding carboxylic acids is 1. The van der Waals surface area contributed by atoms with Crippen LogP contribution in [0.15, 0.2) is 72.2 Å². The average molecular weight is 597 g/mol. The second-order valence-electron chi connectivity index (χ2n) is 9.53. The Kier molecular flexibility index (Phi) is 8.36. The van der Waals surface area contributed by atoms with E-state index in [0.29, 0.717) is 27.5 Å². The number of rotatable bonds is 10. The Morgan fingerprint density at radius 2 is 1.88 bits per heavy atom. The number of ether oxygens (including phenoxy) is 2. The summed E-state index contributed by atoms with van der Waals surface area (Å²) in [5.41, 5.74) is 1.70. The number of hydrogen-bond donors (Lipinski definition) is 1. The number of methoxy groups -OCH3 is 2. The number of imidazole rings is 1. The van der Waals surface area contributed by atoms with Crippen molar-refractivity contribution < 1.29 is 23.0 Å². The van der Waals surface area contributed by atoms with E-state index in [1.54, 1.807) is 41.1 Å². The number of benzene rings is 2. The molecule has 5 rings (SSSR count). The van der Waals surface area contributed by atoms with Crippen LogP contribution in [-0.2, 0) is 16.6 Å². The van der Waals surface area contributed by atoms with Gasteiger partial charge < -0.3 is 19.4 Å². The second kappa shape index (κ2) is 12.1. The van der Waals surface area contributed by atoms with Gasteiger partial charge in [-0.1, -0.05) is 11.6 Å². The molecule has 0 fully saturated rings. The maximum atomic E-state index is 13.6. The van der Waals surface area contributed by atoms with Gasteiger partial charge in [0.2, 0.25) is 5.91 Å². The van der Waals surface area contributed by atoms with Gasteiger partial charge in [-0.25, -0.2) is 13.8 Å². The van der Waals surface area contributed by atoms with Gasteiger partial charge in [-0.15, -0.1) is 0 Å². The molecule has 0 spiro atoms. The van der Waals surface area contributed by atoms with Gasteiger partial charge in [0.05, 0.1) is 30.8 Å². The minimum absolute atomic E-state index is 0.202. The molecular weight excluding hydrogens is 570 g/mol. The van der Waals surface area contributed by atoms with Crippen molar-refractivity contribution >= 4 is 34.1 Å². The first-order valence-corrected chi connectivity index (χ1v) is 13.2. The Hall–Kier alpha value is -4.55. The molecule has 0 aliphatic carbocycles. The highest BCUT2D eigenvalue weighted by molar-refractivity contribution is 6.31. The van der Waals surface area contributed by atoms with Crippen LogP contribution in [0.3, 0.4) is 0 Å². The van der Waals surface area contributed by atoms with Gasteiger partial charge in [-0.3, -0.25) is 18.8 Å². The fourth-order valence-electron chi connectivity index (χ4n) is 4.76. The van der Waals surface area contributed by atoms with Crippen LogP contribution in [-0.4, -0.2) is 50.6 Å². The predicted octanol–water partition coefficient (Wildman–Crippen LogP) is 5.40. The van der Waals surface area contributed by atoms with E-state index in [1.807, 2.05) is 13.2 Å². The number of carbonyl (C=O) groups is 1. The van der Waals surface area contributed by atoms with E-state index >= 15 is 0 Å². The number of halogens is 3. The summed E-state index contributed by atoms with van der Waals surface area (Å²) in [6, 6.07) is 10.6. The number of nitrogens with zero attached hydrogens (tertiary/aromatic N) is 5. The number of anilines is 1. The standard InChI is InChI=1S/C29H27ClF2N6O4/c1-36-13-17-10-19(5-6-22(17)35-36)34-29(40)25(8-9-41-2)38-15-26(42-3)21(12-27(38)39)20-11-18(30)4-7-24(20)37-14-23(28(31)32)33-16-37/h4-7,10-16,25,28H,8-9H2,1-3H3,(H,34,40). The van der Waals surface area contributed by atoms with Crippen LogP contribution in [0.4, 0.5) is 14.5 Å². The van der Waals surface area contributed by atoms with Crippen LogP contribution < -0.4 is 15.6 Å². The first-order valence-electron chi connectivity index (χ1n) is 12.8. The van der Waals surface area contributed by atoms with E-state index in [9.17, 15) is 18.4 Å². The molecule has 0 radical (unpaired) electrons. The van der Waals surface area contributed by atoms with Crippen molar-refractivity contribution in [3.63, 3.8) is 0 Å². The molecule has 3 heterocycles. The molecule has 0 saturated heterocycles. The number of hydrogen-bond acceptors (Lipinski definition) is 6. The summed E-state index contributed by atoms with van der Waals surface area (Å²) in [5, 5.41) is 8.44. The molecule has 1 atom stereocenters. The number of nitrogens with one attached hydrogen (secondary N) is 1. The van der Waals surface area contributed by atoms with E-state index in [4.69, 9.17) is 21.1 Å². The van der Waals surface area contributed by atoms with E-state index in [0.717, 1.165) is 10.9 Å². The van der Waals surface area contributed by atoms with Crippen molar-refractivity contribution in [1.82, 2.24) is 23.9 Å². The third-order valence-corrected chi connectivity index (χ3v) is 6.97. The Morgan fingerprint density at radius 3 is 2.60 bits per heavy atom. The number of fused-ring (bicyclic) bond motifs is 1. The Morgan fingerprint density at radius 1 is 1.07 bits per heavy atom. The van der Waals surface area contributed by atoms with Crippen LogP contribution in [0, 0.1) is 0 Å². The maximum absolute atomic E-state index is 13.6. The number of pyridine rings is 1. The lowest BCUT2D eigenvalue weighted by Crippen LogP contribution is -2.34. The normalized spacial score (nSPS) is 12.2. The summed E-state index contributed by atoms with van der Waals surface area (Å²) in [5.74, 6) is -0.159. The molecule has 0 bridgehead atoms. The molecule has 5 aromatic rings. The van der Waals surface area contributed by atoms with Gasteiger partial charge in [-0.2, -0.15) is 5.10 Å². The number of amides is 1. The summed E-state index contributed by atoms with van der Waals surface area (Å²) in [6.45, 7) is 0.210. The van der Waals surface area contributed by atoms with Gasteiger partial charge in [0, 0.05) is 72.9 Å². The first kappa shape index (κ1) is 29.0. The highest BCUT2D eigenvalue weighted by atomic mass is 35.5. The monoisotopic (exact) mass is 596 g/mol. The molecule has 2 aromatic carbocycles. The van der Waals surface area contributed by atoms with E-state index in [2.05, 4.69) is 15.4 Å². The van der Waals surface area contributed by atoms with Gasteiger partial charge in [0.15, 0.2) is 0 Å². The molecule has 218 valence electrons. The van der Waals surface area contributed by atoms with Crippen molar-refractivity contribution in [2.45, 2.75) is 18.9 Å². The Labute approximate surface area is 244 Å². The molecule has 13 heteroatoms. The molecule has 0 aliphatic heterocycles. The summed E-state index contributed by atoms with van der Waals surface area (Å²) in [6.07, 6.45) is 3.21. The van der Waals surface area contributed by atoms with Crippen molar-refractivity contribution in [2.24, 2.45) is 7.05 Å². The lowest BCUT2D eigenvalue weighted by atomic mass is 10.0. The van der Waals surface area contributed by atoms with Crippen molar-refractivity contribution in [3.05, 3.63) is 88.5 Å². The quantitative estimate of drug-likeness (QED) is 0.231. The Balaban J connectivity index is 1.54. The molecule has 1 amide bonds. The average Bonchev–Trinajstić information content (AvgIpc) is 3.60. The largest absolute Gasteiger partial charge is 0.495 e. The first-order chi connectivity index (χ1) is 20.2. The fourth-order valence-corrected chi connectivity index (χ4v) is 4.93. The zero-order chi connectivity index (χ0) is 30.0. The lowest BCUT2D eigenvalue weighted by molar-refractivity contribution is -0.119. The zero-order valence-electron chi connectivity index (χ0n) is 22.9. The third-order valence-electron chi connectivity index (χ3n) is 6.74. The smallest absolute Gasteiger partial charge is 0.281 e. The number of aryl methyl sites for hydroxylation is 1. The molecule has 0 aliphatic rings. The van der Waals surface area contributed by atoms with Crippen LogP contribution in [0.2, 0.25) is 5.02 Å². The van der Waals surface area contributed by atoms with Crippen molar-refractivity contribution in [2.75, 3.05) is 26.1 Å². The molecular formula is C29H27ClF2N6O4. The molecule has 1 N–H and O–H groups in total. The predicted molar refractivity (Wildman–Crippen MR) is 155 cm³/mol. The second-order valence-corrected chi connectivity index (χ2v) is 9.97. The maximum Gasteiger partial charge on any atom is 0.281 e. The minimum Gasteiger partial charge on any atom is -0.495 e. The molecule has 0 saturated carbocycles. The molecule has 10 nitrogen and oxygen atoms in total. The number of alkyl halides is 2. The summed E-state index contributed by atoms with van der Waals surface area (Å²) in [4.78, 5) is 30.9. The summed E-state index contributed by atoms with van der Waals surface area (Å²) in [7, 11) is 4.75. The third kappa shape index (κ3) is 5.90. The SMILES string of the molecule is COCCC(C(=O)Nc1ccc2nn(C)cc2c1)n1cc(OC)c(-c2cc(Cl)ccc2-n2cnc(C(F)F)c2)cc1=O. The van der Waals surface area contributed by atoms with Crippen LogP contribution in [0.5, 0.6) is 5.75 Å². The van der Waals surface area contributed by atoms with E-state index in [-0.39, 0.29) is 18.8 Å². The summed E-state index contributed by atoms with van der Waals surface area (Å²) >= 11 is 6.30. The van der Waals surface area contributed by atoms with E-state index in [1.165, 1.54) is 48.1 Å². The highest BCUT2D eigenvalue weighted by Gasteiger charge is 2.25. The van der Waals surface area contributed by atoms with Gasteiger partial charge in [0.1, 0.15) is 17.5 Å². The van der Waals surface area contributed by atoms with Crippen molar-refractivity contribution in [3.8, 4) is 22.6 Å². The van der Waals surface area contributed by atoms with Crippen LogP contribution in [0.25, 0.3) is 27.7 Å². The van der Waals surface area contributed by atoms with Gasteiger partial charge in [-0.05, 0) is 36.4 Å². The summed E-state index contributed by atoms with van der Waals surface area (Å²) < 4.78 is 41.7. The zero-order valence-corrected chi connectivity index (χ0v) is 23.7. The molecule has 3 aromatic heterocycles. The lowest BCUT2D eigenvalue weighted by Gasteiger charge is -2.22.